The molecule has 0 saturated carbocycles. The molecule has 3 aromatic rings. The predicted octanol–water partition coefficient (Wildman–Crippen LogP) is 3.68. The van der Waals surface area contributed by atoms with Crippen molar-refractivity contribution in [2.45, 2.75) is 19.4 Å². The van der Waals surface area contributed by atoms with Gasteiger partial charge in [0.1, 0.15) is 5.75 Å². The van der Waals surface area contributed by atoms with E-state index in [0.717, 1.165) is 47.1 Å². The number of esters is 1. The van der Waals surface area contributed by atoms with E-state index in [2.05, 4.69) is 9.88 Å². The normalized spacial score (nSPS) is 13.5. The van der Waals surface area contributed by atoms with Crippen molar-refractivity contribution in [2.75, 3.05) is 18.6 Å². The minimum atomic E-state index is -0.317. The van der Waals surface area contributed by atoms with Crippen LogP contribution in [0.25, 0.3) is 10.9 Å². The molecule has 0 aliphatic carbocycles. The first kappa shape index (κ1) is 16.4. The number of nitrogens with zero attached hydrogens (tertiary/aromatic N) is 2. The van der Waals surface area contributed by atoms with Crippen molar-refractivity contribution < 1.29 is 14.6 Å². The number of carbonyl (C=O) groups excluding carboxylic acids is 1. The molecule has 2 heterocycles. The Morgan fingerprint density at radius 2 is 2.15 bits per heavy atom. The Bertz CT molecular complexity index is 984. The Labute approximate surface area is 151 Å². The molecule has 1 aromatic heterocycles. The average molecular weight is 348 g/mol. The maximum atomic E-state index is 11.8. The van der Waals surface area contributed by atoms with E-state index in [0.29, 0.717) is 12.1 Å². The number of benzene rings is 2. The highest BCUT2D eigenvalue weighted by Crippen LogP contribution is 2.33. The fourth-order valence-corrected chi connectivity index (χ4v) is 3.64. The number of phenols is 1. The second-order valence-corrected chi connectivity index (χ2v) is 6.49. The molecule has 0 spiro atoms. The van der Waals surface area contributed by atoms with E-state index < -0.39 is 0 Å². The molecule has 5 nitrogen and oxygen atoms in total. The molecule has 4 rings (SSSR count). The minimum Gasteiger partial charge on any atom is -0.508 e. The van der Waals surface area contributed by atoms with Gasteiger partial charge in [-0.2, -0.15) is 0 Å². The van der Waals surface area contributed by atoms with Crippen LogP contribution in [0, 0.1) is 0 Å². The summed E-state index contributed by atoms with van der Waals surface area (Å²) >= 11 is 0. The fourth-order valence-electron chi connectivity index (χ4n) is 3.64. The highest BCUT2D eigenvalue weighted by molar-refractivity contribution is 5.90. The van der Waals surface area contributed by atoms with E-state index in [4.69, 9.17) is 4.74 Å². The molecule has 1 aliphatic heterocycles. The second kappa shape index (κ2) is 6.67. The van der Waals surface area contributed by atoms with E-state index in [-0.39, 0.29) is 11.7 Å². The third-order valence-corrected chi connectivity index (χ3v) is 4.94. The summed E-state index contributed by atoms with van der Waals surface area (Å²) in [4.78, 5) is 18.4. The van der Waals surface area contributed by atoms with Gasteiger partial charge in [0, 0.05) is 35.9 Å². The summed E-state index contributed by atoms with van der Waals surface area (Å²) in [6, 6.07) is 13.1. The number of pyridine rings is 1. The number of carbonyl (C=O) groups is 1. The van der Waals surface area contributed by atoms with Gasteiger partial charge in [-0.25, -0.2) is 4.79 Å². The van der Waals surface area contributed by atoms with E-state index in [1.54, 1.807) is 18.3 Å². The SMILES string of the molecule is COC(=O)c1ccc2c(c1)CCCN2Cc1c(O)ccc2ncccc12. The lowest BCUT2D eigenvalue weighted by Crippen LogP contribution is -2.29. The molecule has 2 aromatic carbocycles. The topological polar surface area (TPSA) is 62.7 Å². The minimum absolute atomic E-state index is 0.281. The maximum absolute atomic E-state index is 11.8. The van der Waals surface area contributed by atoms with Gasteiger partial charge in [0.15, 0.2) is 0 Å². The van der Waals surface area contributed by atoms with Crippen LogP contribution in [-0.4, -0.2) is 29.7 Å². The number of aromatic hydroxyl groups is 1. The van der Waals surface area contributed by atoms with Crippen molar-refractivity contribution in [3.05, 3.63) is 65.4 Å². The molecule has 0 bridgehead atoms. The van der Waals surface area contributed by atoms with E-state index in [9.17, 15) is 9.90 Å². The maximum Gasteiger partial charge on any atom is 0.337 e. The first-order chi connectivity index (χ1) is 12.7. The second-order valence-electron chi connectivity index (χ2n) is 6.49. The van der Waals surface area contributed by atoms with E-state index in [1.165, 1.54) is 7.11 Å². The van der Waals surface area contributed by atoms with E-state index >= 15 is 0 Å². The van der Waals surface area contributed by atoms with Crippen LogP contribution < -0.4 is 4.90 Å². The summed E-state index contributed by atoms with van der Waals surface area (Å²) in [6.45, 7) is 1.50. The molecule has 26 heavy (non-hydrogen) atoms. The van der Waals surface area contributed by atoms with Gasteiger partial charge in [-0.15, -0.1) is 0 Å². The zero-order chi connectivity index (χ0) is 18.1. The monoisotopic (exact) mass is 348 g/mol. The lowest BCUT2D eigenvalue weighted by molar-refractivity contribution is 0.0600. The summed E-state index contributed by atoms with van der Waals surface area (Å²) in [5.41, 5.74) is 4.56. The van der Waals surface area contributed by atoms with Crippen LogP contribution in [0.1, 0.15) is 27.9 Å². The lowest BCUT2D eigenvalue weighted by atomic mass is 9.98. The number of methoxy groups -OCH3 is 1. The number of hydrogen-bond donors (Lipinski definition) is 1. The van der Waals surface area contributed by atoms with E-state index in [1.807, 2.05) is 30.3 Å². The number of fused-ring (bicyclic) bond motifs is 2. The predicted molar refractivity (Wildman–Crippen MR) is 101 cm³/mol. The highest BCUT2D eigenvalue weighted by Gasteiger charge is 2.21. The number of rotatable bonds is 3. The van der Waals surface area contributed by atoms with Gasteiger partial charge in [-0.1, -0.05) is 6.07 Å². The standard InChI is InChI=1S/C21H20N2O3/c1-26-21(25)15-6-8-19-14(12-15)4-3-11-23(19)13-17-16-5-2-10-22-18(16)7-9-20(17)24/h2,5-10,12,24H,3-4,11,13H2,1H3. The highest BCUT2D eigenvalue weighted by atomic mass is 16.5. The van der Waals surface area contributed by atoms with Crippen molar-refractivity contribution in [3.63, 3.8) is 0 Å². The molecule has 0 unspecified atom stereocenters. The molecule has 0 atom stereocenters. The van der Waals surface area contributed by atoms with Crippen LogP contribution >= 0.6 is 0 Å². The van der Waals surface area contributed by atoms with Crippen LogP contribution in [0.5, 0.6) is 5.75 Å². The van der Waals surface area contributed by atoms with Gasteiger partial charge < -0.3 is 14.7 Å². The van der Waals surface area contributed by atoms with Gasteiger partial charge in [0.2, 0.25) is 0 Å². The zero-order valence-electron chi connectivity index (χ0n) is 14.6. The van der Waals surface area contributed by atoms with Crippen LogP contribution in [0.3, 0.4) is 0 Å². The van der Waals surface area contributed by atoms with Crippen molar-refractivity contribution in [2.24, 2.45) is 0 Å². The van der Waals surface area contributed by atoms with Crippen LogP contribution in [0.15, 0.2) is 48.7 Å². The largest absolute Gasteiger partial charge is 0.508 e. The number of ether oxygens (including phenoxy) is 1. The van der Waals surface area contributed by atoms with Gasteiger partial charge in [0.05, 0.1) is 18.2 Å². The summed E-state index contributed by atoms with van der Waals surface area (Å²) < 4.78 is 4.82. The first-order valence-electron chi connectivity index (χ1n) is 8.69. The first-order valence-corrected chi connectivity index (χ1v) is 8.69. The molecule has 1 aliphatic rings. The van der Waals surface area contributed by atoms with Gasteiger partial charge in [-0.05, 0) is 54.8 Å². The number of anilines is 1. The Morgan fingerprint density at radius 3 is 3.00 bits per heavy atom. The van der Waals surface area contributed by atoms with Crippen LogP contribution in [0.4, 0.5) is 5.69 Å². The van der Waals surface area contributed by atoms with Crippen LogP contribution in [-0.2, 0) is 17.7 Å². The Kier molecular flexibility index (Phi) is 4.21. The molecule has 0 fully saturated rings. The number of hydrogen-bond acceptors (Lipinski definition) is 5. The molecule has 0 radical (unpaired) electrons. The van der Waals surface area contributed by atoms with Gasteiger partial charge in [0.25, 0.3) is 0 Å². The number of phenolic OH excluding ortho intramolecular Hbond substituents is 1. The van der Waals surface area contributed by atoms with Gasteiger partial charge in [-0.3, -0.25) is 4.98 Å². The fraction of sp³-hybridized carbons (Fsp3) is 0.238. The Balaban J connectivity index is 1.72. The van der Waals surface area contributed by atoms with Crippen molar-refractivity contribution in [3.8, 4) is 5.75 Å². The third-order valence-electron chi connectivity index (χ3n) is 4.94. The Hall–Kier alpha value is -3.08. The summed E-state index contributed by atoms with van der Waals surface area (Å²) in [5, 5.41) is 11.4. The Morgan fingerprint density at radius 1 is 1.27 bits per heavy atom. The van der Waals surface area contributed by atoms with Crippen molar-refractivity contribution >= 4 is 22.6 Å². The number of aromatic nitrogens is 1. The molecular formula is C21H20N2O3. The molecule has 1 N–H and O–H groups in total. The molecule has 132 valence electrons. The molecular weight excluding hydrogens is 328 g/mol. The lowest BCUT2D eigenvalue weighted by Gasteiger charge is -2.32. The van der Waals surface area contributed by atoms with Crippen molar-refractivity contribution in [1.29, 1.82) is 0 Å². The third kappa shape index (κ3) is 2.86. The molecule has 0 saturated heterocycles. The smallest absolute Gasteiger partial charge is 0.337 e. The average Bonchev–Trinajstić information content (AvgIpc) is 2.69. The van der Waals surface area contributed by atoms with Crippen LogP contribution in [0.2, 0.25) is 0 Å². The number of aryl methyl sites for hydroxylation is 1. The molecule has 5 heteroatoms. The quantitative estimate of drug-likeness (QED) is 0.732. The summed E-state index contributed by atoms with van der Waals surface area (Å²) in [6.07, 6.45) is 3.69. The summed E-state index contributed by atoms with van der Waals surface area (Å²) in [7, 11) is 1.39. The van der Waals surface area contributed by atoms with Gasteiger partial charge >= 0.3 is 5.97 Å². The van der Waals surface area contributed by atoms with Crippen molar-refractivity contribution in [1.82, 2.24) is 4.98 Å². The zero-order valence-corrected chi connectivity index (χ0v) is 14.6. The summed E-state index contributed by atoms with van der Waals surface area (Å²) in [5.74, 6) is -0.0356. The molecule has 0 amide bonds.